The zero-order chi connectivity index (χ0) is 20.0. The Morgan fingerprint density at radius 1 is 1.15 bits per heavy atom. The molecular weight excluding hydrogens is 382 g/mol. The van der Waals surface area contributed by atoms with Crippen LogP contribution in [0.25, 0.3) is 0 Å². The molecule has 0 spiro atoms. The highest BCUT2D eigenvalue weighted by molar-refractivity contribution is 7.10. The number of halogens is 1. The summed E-state index contributed by atoms with van der Waals surface area (Å²) in [6, 6.07) is 7.42. The number of carbonyl (C=O) groups is 2. The van der Waals surface area contributed by atoms with Gasteiger partial charge in [0.2, 0.25) is 11.8 Å². The lowest BCUT2D eigenvalue weighted by Gasteiger charge is -2.24. The zero-order valence-corrected chi connectivity index (χ0v) is 17.8. The Morgan fingerprint density at radius 3 is 2.52 bits per heavy atom. The van der Waals surface area contributed by atoms with Crippen molar-refractivity contribution in [1.82, 2.24) is 9.80 Å². The number of hydrogen-bond acceptors (Lipinski definition) is 4. The van der Waals surface area contributed by atoms with Crippen molar-refractivity contribution in [1.29, 1.82) is 0 Å². The van der Waals surface area contributed by atoms with Gasteiger partial charge in [-0.2, -0.15) is 0 Å². The van der Waals surface area contributed by atoms with E-state index in [9.17, 15) is 9.59 Å². The van der Waals surface area contributed by atoms with Crippen molar-refractivity contribution >= 4 is 40.4 Å². The van der Waals surface area contributed by atoms with E-state index in [-0.39, 0.29) is 24.9 Å². The number of benzene rings is 1. The Kier molecular flexibility index (Phi) is 7.83. The Bertz CT molecular complexity index is 806. The van der Waals surface area contributed by atoms with Crippen LogP contribution in [0.4, 0.5) is 5.69 Å². The maximum atomic E-state index is 12.6. The van der Waals surface area contributed by atoms with E-state index in [4.69, 9.17) is 11.6 Å². The van der Waals surface area contributed by atoms with Crippen molar-refractivity contribution < 1.29 is 9.59 Å². The summed E-state index contributed by atoms with van der Waals surface area (Å²) in [6.07, 6.45) is 0. The van der Waals surface area contributed by atoms with E-state index in [1.54, 1.807) is 28.4 Å². The Labute approximate surface area is 169 Å². The lowest BCUT2D eigenvalue weighted by atomic mass is 10.2. The number of nitrogens with one attached hydrogen (secondary N) is 1. The predicted octanol–water partition coefficient (Wildman–Crippen LogP) is 3.94. The molecule has 0 bridgehead atoms. The molecule has 146 valence electrons. The molecule has 0 aliphatic rings. The first-order valence-corrected chi connectivity index (χ1v) is 10.1. The van der Waals surface area contributed by atoms with Crippen LogP contribution in [0, 0.1) is 13.8 Å². The third-order valence-corrected chi connectivity index (χ3v) is 5.57. The van der Waals surface area contributed by atoms with E-state index < -0.39 is 0 Å². The molecule has 7 heteroatoms. The normalized spacial score (nSPS) is 10.9. The molecule has 0 atom stereocenters. The predicted molar refractivity (Wildman–Crippen MR) is 112 cm³/mol. The van der Waals surface area contributed by atoms with Crippen LogP contribution in [0.1, 0.15) is 22.9 Å². The molecule has 0 saturated carbocycles. The Morgan fingerprint density at radius 2 is 1.89 bits per heavy atom. The SMILES string of the molecule is CCN(CC(=O)Nc1cc(Cl)ccc1C)C(=O)CN(C)Cc1sccc1C. The fourth-order valence-corrected chi connectivity index (χ4v) is 3.82. The van der Waals surface area contributed by atoms with Crippen molar-refractivity contribution in [3.8, 4) is 0 Å². The van der Waals surface area contributed by atoms with Crippen molar-refractivity contribution in [3.05, 3.63) is 50.7 Å². The summed E-state index contributed by atoms with van der Waals surface area (Å²) in [6.45, 7) is 7.34. The van der Waals surface area contributed by atoms with Gasteiger partial charge in [0.05, 0.1) is 13.1 Å². The third kappa shape index (κ3) is 6.34. The minimum absolute atomic E-state index is 0.0210. The quantitative estimate of drug-likeness (QED) is 0.721. The number of anilines is 1. The summed E-state index contributed by atoms with van der Waals surface area (Å²) >= 11 is 7.68. The molecule has 1 aromatic carbocycles. The van der Waals surface area contributed by atoms with Gasteiger partial charge >= 0.3 is 0 Å². The smallest absolute Gasteiger partial charge is 0.244 e. The Hall–Kier alpha value is -1.89. The standard InChI is InChI=1S/C20H26ClN3O2S/c1-5-24(12-19(25)22-17-10-16(21)7-6-14(17)2)20(26)13-23(4)11-18-15(3)8-9-27-18/h6-10H,5,11-13H2,1-4H3,(H,22,25). The maximum Gasteiger partial charge on any atom is 0.244 e. The van der Waals surface area contributed by atoms with Gasteiger partial charge in [0.15, 0.2) is 0 Å². The first kappa shape index (κ1) is 21.4. The van der Waals surface area contributed by atoms with Gasteiger partial charge in [-0.1, -0.05) is 17.7 Å². The molecule has 0 radical (unpaired) electrons. The molecule has 27 heavy (non-hydrogen) atoms. The maximum absolute atomic E-state index is 12.6. The van der Waals surface area contributed by atoms with E-state index >= 15 is 0 Å². The highest BCUT2D eigenvalue weighted by atomic mass is 35.5. The first-order chi connectivity index (χ1) is 12.8. The number of hydrogen-bond donors (Lipinski definition) is 1. The van der Waals surface area contributed by atoms with E-state index in [0.29, 0.717) is 17.3 Å². The van der Waals surface area contributed by atoms with Crippen LogP contribution in [0.15, 0.2) is 29.6 Å². The van der Waals surface area contributed by atoms with Crippen molar-refractivity contribution in [2.75, 3.05) is 32.0 Å². The molecule has 1 aromatic heterocycles. The molecule has 1 heterocycles. The van der Waals surface area contributed by atoms with E-state index in [1.165, 1.54) is 10.4 Å². The molecule has 5 nitrogen and oxygen atoms in total. The number of rotatable bonds is 8. The first-order valence-electron chi connectivity index (χ1n) is 8.85. The zero-order valence-electron chi connectivity index (χ0n) is 16.2. The largest absolute Gasteiger partial charge is 0.333 e. The lowest BCUT2D eigenvalue weighted by Crippen LogP contribution is -2.42. The van der Waals surface area contributed by atoms with E-state index in [0.717, 1.165) is 12.1 Å². The molecule has 2 amide bonds. The number of aryl methyl sites for hydroxylation is 2. The van der Waals surface area contributed by atoms with E-state index in [2.05, 4.69) is 23.7 Å². The molecule has 0 fully saturated rings. The number of likely N-dealkylation sites (N-methyl/N-ethyl adjacent to an activating group) is 2. The van der Waals surface area contributed by atoms with Gasteiger partial charge in [0, 0.05) is 28.7 Å². The van der Waals surface area contributed by atoms with E-state index in [1.807, 2.05) is 31.9 Å². The van der Waals surface area contributed by atoms with Gasteiger partial charge in [-0.25, -0.2) is 0 Å². The summed E-state index contributed by atoms with van der Waals surface area (Å²) in [4.78, 5) is 29.8. The summed E-state index contributed by atoms with van der Waals surface area (Å²) in [7, 11) is 1.92. The summed E-state index contributed by atoms with van der Waals surface area (Å²) in [5.74, 6) is -0.292. The molecule has 0 unspecified atom stereocenters. The second kappa shape index (κ2) is 9.88. The number of amides is 2. The lowest BCUT2D eigenvalue weighted by molar-refractivity contribution is -0.135. The third-order valence-electron chi connectivity index (χ3n) is 4.33. The van der Waals surface area contributed by atoms with Gasteiger partial charge in [-0.15, -0.1) is 11.3 Å². The Balaban J connectivity index is 1.91. The summed E-state index contributed by atoms with van der Waals surface area (Å²) < 4.78 is 0. The molecule has 1 N–H and O–H groups in total. The van der Waals surface area contributed by atoms with Crippen LogP contribution >= 0.6 is 22.9 Å². The highest BCUT2D eigenvalue weighted by Gasteiger charge is 2.18. The molecule has 0 saturated heterocycles. The van der Waals surface area contributed by atoms with Crippen LogP contribution in [-0.2, 0) is 16.1 Å². The van der Waals surface area contributed by atoms with Crippen molar-refractivity contribution in [2.24, 2.45) is 0 Å². The monoisotopic (exact) mass is 407 g/mol. The van der Waals surface area contributed by atoms with Crippen LogP contribution in [0.5, 0.6) is 0 Å². The fourth-order valence-electron chi connectivity index (χ4n) is 2.67. The average Bonchev–Trinajstić information content (AvgIpc) is 3.00. The van der Waals surface area contributed by atoms with Gasteiger partial charge in [0.25, 0.3) is 0 Å². The van der Waals surface area contributed by atoms with Crippen LogP contribution in [-0.4, -0.2) is 48.3 Å². The van der Waals surface area contributed by atoms with Gasteiger partial charge in [-0.3, -0.25) is 14.5 Å². The van der Waals surface area contributed by atoms with Gasteiger partial charge < -0.3 is 10.2 Å². The second-order valence-electron chi connectivity index (χ2n) is 6.61. The molecule has 2 aromatic rings. The number of nitrogens with zero attached hydrogens (tertiary/aromatic N) is 2. The number of carbonyl (C=O) groups excluding carboxylic acids is 2. The van der Waals surface area contributed by atoms with Crippen LogP contribution in [0.2, 0.25) is 5.02 Å². The summed E-state index contributed by atoms with van der Waals surface area (Å²) in [5, 5.41) is 5.46. The van der Waals surface area contributed by atoms with Crippen molar-refractivity contribution in [2.45, 2.75) is 27.3 Å². The van der Waals surface area contributed by atoms with Crippen molar-refractivity contribution in [3.63, 3.8) is 0 Å². The van der Waals surface area contributed by atoms with Gasteiger partial charge in [-0.05, 0) is 62.5 Å². The highest BCUT2D eigenvalue weighted by Crippen LogP contribution is 2.20. The number of thiophene rings is 1. The molecule has 0 aliphatic carbocycles. The molecular formula is C20H26ClN3O2S. The second-order valence-corrected chi connectivity index (χ2v) is 8.05. The minimum Gasteiger partial charge on any atom is -0.333 e. The fraction of sp³-hybridized carbons (Fsp3) is 0.400. The minimum atomic E-state index is -0.229. The van der Waals surface area contributed by atoms with Crippen LogP contribution < -0.4 is 5.32 Å². The summed E-state index contributed by atoms with van der Waals surface area (Å²) in [5.41, 5.74) is 2.83. The average molecular weight is 408 g/mol. The molecule has 2 rings (SSSR count). The van der Waals surface area contributed by atoms with Gasteiger partial charge in [0.1, 0.15) is 0 Å². The van der Waals surface area contributed by atoms with Crippen LogP contribution in [0.3, 0.4) is 0 Å². The molecule has 0 aliphatic heterocycles. The topological polar surface area (TPSA) is 52.7 Å².